The third kappa shape index (κ3) is 6.07. The fourth-order valence-electron chi connectivity index (χ4n) is 2.28. The molecule has 0 fully saturated rings. The van der Waals surface area contributed by atoms with Crippen molar-refractivity contribution in [2.75, 3.05) is 20.6 Å². The number of nitrogens with one attached hydrogen (secondary N) is 4. The first-order chi connectivity index (χ1) is 10.8. The molecule has 1 aromatic rings. The molecule has 7 nitrogen and oxygen atoms in total. The van der Waals surface area contributed by atoms with Gasteiger partial charge in [-0.05, 0) is 13.8 Å². The third-order valence-electron chi connectivity index (χ3n) is 3.24. The first kappa shape index (κ1) is 18.6. The van der Waals surface area contributed by atoms with Gasteiger partial charge in [-0.1, -0.05) is 30.3 Å². The largest absolute Gasteiger partial charge is 0.349 e. The van der Waals surface area contributed by atoms with Crippen LogP contribution in [0.1, 0.15) is 25.5 Å². The third-order valence-corrected chi connectivity index (χ3v) is 3.24. The summed E-state index contributed by atoms with van der Waals surface area (Å²) >= 11 is 0. The lowest BCUT2D eigenvalue weighted by Crippen LogP contribution is -3.11. The van der Waals surface area contributed by atoms with Crippen LogP contribution in [-0.4, -0.2) is 44.5 Å². The van der Waals surface area contributed by atoms with Crippen molar-refractivity contribution in [3.8, 4) is 0 Å². The zero-order chi connectivity index (χ0) is 17.4. The molecule has 7 heteroatoms. The van der Waals surface area contributed by atoms with E-state index >= 15 is 0 Å². The Bertz CT molecular complexity index is 546. The monoisotopic (exact) mass is 321 g/mol. The van der Waals surface area contributed by atoms with Crippen molar-refractivity contribution in [3.63, 3.8) is 0 Å². The summed E-state index contributed by atoms with van der Waals surface area (Å²) in [6.07, 6.45) is 0. The van der Waals surface area contributed by atoms with Gasteiger partial charge in [-0.25, -0.2) is 4.79 Å². The van der Waals surface area contributed by atoms with E-state index in [9.17, 15) is 14.4 Å². The Kier molecular flexibility index (Phi) is 7.21. The Morgan fingerprint density at radius 3 is 2.26 bits per heavy atom. The second-order valence-electron chi connectivity index (χ2n) is 5.66. The minimum absolute atomic E-state index is 0.0326. The molecule has 4 amide bonds. The number of likely N-dealkylation sites (N-methyl/N-ethyl adjacent to an activating group) is 1. The maximum Gasteiger partial charge on any atom is 0.321 e. The number of hydrogen-bond donors (Lipinski definition) is 4. The molecular formula is C16H25N4O3+. The van der Waals surface area contributed by atoms with Gasteiger partial charge in [-0.15, -0.1) is 0 Å². The molecule has 1 aromatic carbocycles. The minimum Gasteiger partial charge on any atom is -0.349 e. The van der Waals surface area contributed by atoms with Crippen LogP contribution in [0.25, 0.3) is 0 Å². The van der Waals surface area contributed by atoms with Gasteiger partial charge in [0.2, 0.25) is 0 Å². The molecule has 0 radical (unpaired) electrons. The molecule has 0 spiro atoms. The van der Waals surface area contributed by atoms with Crippen LogP contribution in [0.15, 0.2) is 30.3 Å². The van der Waals surface area contributed by atoms with Crippen molar-refractivity contribution in [3.05, 3.63) is 35.9 Å². The zero-order valence-electron chi connectivity index (χ0n) is 14.0. The number of carbonyl (C=O) groups excluding carboxylic acids is 3. The van der Waals surface area contributed by atoms with Gasteiger partial charge in [0.1, 0.15) is 0 Å². The molecule has 23 heavy (non-hydrogen) atoms. The molecule has 0 aliphatic rings. The van der Waals surface area contributed by atoms with E-state index < -0.39 is 18.0 Å². The predicted molar refractivity (Wildman–Crippen MR) is 86.8 cm³/mol. The molecular weight excluding hydrogens is 296 g/mol. The maximum absolute atomic E-state index is 12.4. The van der Waals surface area contributed by atoms with Crippen molar-refractivity contribution in [2.24, 2.45) is 0 Å². The summed E-state index contributed by atoms with van der Waals surface area (Å²) in [5, 5.41) is 7.43. The van der Waals surface area contributed by atoms with Gasteiger partial charge in [-0.3, -0.25) is 14.9 Å². The van der Waals surface area contributed by atoms with Gasteiger partial charge in [0.05, 0.1) is 7.05 Å². The van der Waals surface area contributed by atoms with Crippen molar-refractivity contribution in [2.45, 2.75) is 25.9 Å². The van der Waals surface area contributed by atoms with Gasteiger partial charge in [0.25, 0.3) is 11.8 Å². The highest BCUT2D eigenvalue weighted by Crippen LogP contribution is 2.09. The smallest absolute Gasteiger partial charge is 0.321 e. The fourth-order valence-corrected chi connectivity index (χ4v) is 2.28. The Morgan fingerprint density at radius 1 is 1.13 bits per heavy atom. The van der Waals surface area contributed by atoms with E-state index in [-0.39, 0.29) is 18.5 Å². The lowest BCUT2D eigenvalue weighted by atomic mass is 10.0. The van der Waals surface area contributed by atoms with E-state index in [1.54, 1.807) is 19.2 Å². The first-order valence-electron chi connectivity index (χ1n) is 7.54. The van der Waals surface area contributed by atoms with Gasteiger partial charge in [-0.2, -0.15) is 0 Å². The Labute approximate surface area is 136 Å². The van der Waals surface area contributed by atoms with Crippen molar-refractivity contribution in [1.29, 1.82) is 0 Å². The summed E-state index contributed by atoms with van der Waals surface area (Å²) in [6.45, 7) is 3.87. The molecule has 0 aliphatic carbocycles. The van der Waals surface area contributed by atoms with Crippen LogP contribution in [0.4, 0.5) is 4.79 Å². The van der Waals surface area contributed by atoms with E-state index in [2.05, 4.69) is 16.0 Å². The van der Waals surface area contributed by atoms with Crippen molar-refractivity contribution >= 4 is 17.8 Å². The highest BCUT2D eigenvalue weighted by atomic mass is 16.2. The highest BCUT2D eigenvalue weighted by Gasteiger charge is 2.31. The molecule has 2 atom stereocenters. The average Bonchev–Trinajstić information content (AvgIpc) is 2.47. The van der Waals surface area contributed by atoms with Crippen LogP contribution in [0.3, 0.4) is 0 Å². The highest BCUT2D eigenvalue weighted by molar-refractivity contribution is 5.96. The Hall–Kier alpha value is -2.41. The Balaban J connectivity index is 2.93. The minimum atomic E-state index is -0.661. The number of hydrogen-bond acceptors (Lipinski definition) is 3. The first-order valence-corrected chi connectivity index (χ1v) is 7.54. The summed E-state index contributed by atoms with van der Waals surface area (Å²) in [7, 11) is 3.19. The zero-order valence-corrected chi connectivity index (χ0v) is 14.0. The molecule has 4 N–H and O–H groups in total. The Morgan fingerprint density at radius 2 is 1.74 bits per heavy atom. The van der Waals surface area contributed by atoms with Crippen LogP contribution < -0.4 is 20.9 Å². The number of amides is 4. The second kappa shape index (κ2) is 8.89. The number of rotatable bonds is 6. The van der Waals surface area contributed by atoms with Gasteiger partial charge < -0.3 is 15.5 Å². The summed E-state index contributed by atoms with van der Waals surface area (Å²) in [4.78, 5) is 36.5. The molecule has 1 unspecified atom stereocenters. The number of quaternary nitrogens is 1. The van der Waals surface area contributed by atoms with E-state index in [0.717, 1.165) is 5.56 Å². The molecule has 0 aliphatic heterocycles. The molecule has 126 valence electrons. The molecule has 0 saturated heterocycles. The van der Waals surface area contributed by atoms with Gasteiger partial charge >= 0.3 is 6.03 Å². The van der Waals surface area contributed by atoms with Crippen LogP contribution in [0.2, 0.25) is 0 Å². The number of benzene rings is 1. The lowest BCUT2D eigenvalue weighted by molar-refractivity contribution is -0.894. The van der Waals surface area contributed by atoms with Crippen LogP contribution in [-0.2, 0) is 9.59 Å². The molecule has 1 rings (SSSR count). The van der Waals surface area contributed by atoms with E-state index in [1.807, 2.05) is 32.0 Å². The number of carbonyl (C=O) groups is 3. The van der Waals surface area contributed by atoms with E-state index in [0.29, 0.717) is 4.90 Å². The second-order valence-corrected chi connectivity index (χ2v) is 5.66. The molecule has 0 heterocycles. The quantitative estimate of drug-likeness (QED) is 0.554. The normalized spacial score (nSPS) is 13.1. The molecule has 0 saturated carbocycles. The van der Waals surface area contributed by atoms with Crippen LogP contribution in [0, 0.1) is 0 Å². The SMILES string of the molecule is CNC(=O)NC(=O)[C@@H](c1ccccc1)[NH+](C)CC(=O)NC(C)C. The standard InChI is InChI=1S/C16H24N4O3/c1-11(2)18-13(21)10-20(4)14(12-8-6-5-7-9-12)15(22)19-16(23)17-3/h5-9,11,14H,10H2,1-4H3,(H,18,21)(H2,17,19,22,23)/p+1/t14-/m1/s1. The van der Waals surface area contributed by atoms with Gasteiger partial charge in [0.15, 0.2) is 12.6 Å². The molecule has 0 bridgehead atoms. The van der Waals surface area contributed by atoms with E-state index in [4.69, 9.17) is 0 Å². The summed E-state index contributed by atoms with van der Waals surface area (Å²) in [5.74, 6) is -0.600. The van der Waals surface area contributed by atoms with E-state index in [1.165, 1.54) is 7.05 Å². The maximum atomic E-state index is 12.4. The summed E-state index contributed by atoms with van der Waals surface area (Å²) in [5.41, 5.74) is 0.740. The number of urea groups is 1. The topological polar surface area (TPSA) is 91.7 Å². The van der Waals surface area contributed by atoms with Crippen molar-refractivity contribution in [1.82, 2.24) is 16.0 Å². The summed E-state index contributed by atoms with van der Waals surface area (Å²) in [6, 6.07) is 7.88. The lowest BCUT2D eigenvalue weighted by Gasteiger charge is -2.24. The number of imide groups is 1. The van der Waals surface area contributed by atoms with Crippen LogP contribution in [0.5, 0.6) is 0 Å². The summed E-state index contributed by atoms with van der Waals surface area (Å²) < 4.78 is 0. The predicted octanol–water partition coefficient (Wildman–Crippen LogP) is -0.777. The van der Waals surface area contributed by atoms with Crippen molar-refractivity contribution < 1.29 is 19.3 Å². The molecule has 0 aromatic heterocycles. The van der Waals surface area contributed by atoms with Gasteiger partial charge in [0, 0.05) is 18.7 Å². The van der Waals surface area contributed by atoms with Crippen LogP contribution >= 0.6 is 0 Å². The average molecular weight is 321 g/mol. The fraction of sp³-hybridized carbons (Fsp3) is 0.438.